The molecule has 0 atom stereocenters. The number of nitrogens with zero attached hydrogens (tertiary/aromatic N) is 1. The van der Waals surface area contributed by atoms with Crippen LogP contribution in [0, 0.1) is 0 Å². The first-order valence-corrected chi connectivity index (χ1v) is 22.7. The van der Waals surface area contributed by atoms with Crippen LogP contribution >= 0.6 is 0 Å². The van der Waals surface area contributed by atoms with Crippen molar-refractivity contribution in [1.82, 2.24) is 0 Å². The van der Waals surface area contributed by atoms with Crippen LogP contribution in [0.2, 0.25) is 0 Å². The molecule has 0 aliphatic rings. The Morgan fingerprint density at radius 3 is 1.61 bits per heavy atom. The average Bonchev–Trinajstić information content (AvgIpc) is 3.79. The van der Waals surface area contributed by atoms with Gasteiger partial charge in [-0.25, -0.2) is 0 Å². The molecule has 13 rings (SSSR count). The second-order valence-electron chi connectivity index (χ2n) is 17.2. The van der Waals surface area contributed by atoms with Crippen molar-refractivity contribution < 1.29 is 4.42 Å². The van der Waals surface area contributed by atoms with Crippen LogP contribution in [0.4, 0.5) is 17.1 Å². The molecule has 1 aromatic heterocycles. The molecule has 66 heavy (non-hydrogen) atoms. The predicted octanol–water partition coefficient (Wildman–Crippen LogP) is 18.3. The van der Waals surface area contributed by atoms with Crippen LogP contribution in [0.3, 0.4) is 0 Å². The highest BCUT2D eigenvalue weighted by atomic mass is 16.3. The van der Waals surface area contributed by atoms with Crippen LogP contribution in [0.15, 0.2) is 253 Å². The monoisotopic (exact) mass is 839 g/mol. The second-order valence-corrected chi connectivity index (χ2v) is 17.2. The van der Waals surface area contributed by atoms with Crippen molar-refractivity contribution in [2.45, 2.75) is 0 Å². The van der Waals surface area contributed by atoms with Crippen molar-refractivity contribution >= 4 is 82.1 Å². The first-order valence-electron chi connectivity index (χ1n) is 22.7. The maximum Gasteiger partial charge on any atom is 0.145 e. The number of anilines is 3. The summed E-state index contributed by atoms with van der Waals surface area (Å²) < 4.78 is 7.01. The van der Waals surface area contributed by atoms with Gasteiger partial charge in [0.25, 0.3) is 0 Å². The maximum absolute atomic E-state index is 7.01. The summed E-state index contributed by atoms with van der Waals surface area (Å²) in [5.41, 5.74) is 14.0. The minimum atomic E-state index is 0.856. The Morgan fingerprint density at radius 1 is 0.273 bits per heavy atom. The third kappa shape index (κ3) is 6.18. The Morgan fingerprint density at radius 2 is 0.818 bits per heavy atom. The summed E-state index contributed by atoms with van der Waals surface area (Å²) in [6.07, 6.45) is 0. The Bertz CT molecular complexity index is 3970. The van der Waals surface area contributed by atoms with Crippen molar-refractivity contribution in [1.29, 1.82) is 0 Å². The van der Waals surface area contributed by atoms with Crippen molar-refractivity contribution in [2.24, 2.45) is 0 Å². The van der Waals surface area contributed by atoms with E-state index >= 15 is 0 Å². The molecule has 0 spiro atoms. The van der Waals surface area contributed by atoms with E-state index in [9.17, 15) is 0 Å². The van der Waals surface area contributed by atoms with Crippen molar-refractivity contribution in [3.05, 3.63) is 249 Å². The fourth-order valence-electron chi connectivity index (χ4n) is 10.4. The largest absolute Gasteiger partial charge is 0.455 e. The lowest BCUT2D eigenvalue weighted by Gasteiger charge is -2.29. The topological polar surface area (TPSA) is 16.4 Å². The maximum atomic E-state index is 7.01. The van der Waals surface area contributed by atoms with Gasteiger partial charge in [0.1, 0.15) is 11.2 Å². The molecule has 308 valence electrons. The summed E-state index contributed by atoms with van der Waals surface area (Å²) in [5, 5.41) is 12.1. The van der Waals surface area contributed by atoms with E-state index in [-0.39, 0.29) is 0 Å². The van der Waals surface area contributed by atoms with Gasteiger partial charge in [-0.1, -0.05) is 200 Å². The average molecular weight is 840 g/mol. The highest BCUT2D eigenvalue weighted by molar-refractivity contribution is 6.26. The molecule has 0 saturated carbocycles. The minimum absolute atomic E-state index is 0.856. The minimum Gasteiger partial charge on any atom is -0.455 e. The molecule has 13 aromatic rings. The number of benzene rings is 12. The predicted molar refractivity (Wildman–Crippen MR) is 280 cm³/mol. The Hall–Kier alpha value is -8.72. The van der Waals surface area contributed by atoms with Crippen molar-refractivity contribution in [2.75, 3.05) is 4.90 Å². The summed E-state index contributed by atoms with van der Waals surface area (Å²) in [6.45, 7) is 0. The fourth-order valence-corrected chi connectivity index (χ4v) is 10.4. The van der Waals surface area contributed by atoms with Gasteiger partial charge in [-0.2, -0.15) is 0 Å². The van der Waals surface area contributed by atoms with E-state index in [0.717, 1.165) is 72.4 Å². The first-order chi connectivity index (χ1) is 32.7. The fraction of sp³-hybridized carbons (Fsp3) is 0. The zero-order valence-electron chi connectivity index (χ0n) is 36.0. The van der Waals surface area contributed by atoms with Gasteiger partial charge in [-0.3, -0.25) is 0 Å². The summed E-state index contributed by atoms with van der Waals surface area (Å²) >= 11 is 0. The highest BCUT2D eigenvalue weighted by Crippen LogP contribution is 2.50. The third-order valence-corrected chi connectivity index (χ3v) is 13.4. The lowest BCUT2D eigenvalue weighted by Crippen LogP contribution is -2.12. The zero-order chi connectivity index (χ0) is 43.6. The van der Waals surface area contributed by atoms with Gasteiger partial charge in [0.15, 0.2) is 0 Å². The van der Waals surface area contributed by atoms with E-state index in [4.69, 9.17) is 4.42 Å². The molecule has 0 fully saturated rings. The van der Waals surface area contributed by atoms with Crippen LogP contribution in [0.1, 0.15) is 0 Å². The van der Waals surface area contributed by atoms with Crippen LogP contribution in [-0.2, 0) is 0 Å². The van der Waals surface area contributed by atoms with Gasteiger partial charge in [-0.15, -0.1) is 0 Å². The molecule has 0 unspecified atom stereocenters. The molecule has 0 aliphatic carbocycles. The number of fused-ring (bicyclic) bond motifs is 10. The molecule has 2 nitrogen and oxygen atoms in total. The lowest BCUT2D eigenvalue weighted by molar-refractivity contribution is 0.670. The SMILES string of the molecule is c1ccc(-c2cccc(-c3cccc(N(c4ccccc4-c4ccc5c6ccccc6c6ccccc6c5c4)c4ccc(-c5cccc6ccccc56)c5oc6ccccc6c45)c3)c2)cc1. The molecule has 12 aromatic carbocycles. The highest BCUT2D eigenvalue weighted by Gasteiger charge is 2.25. The Balaban J connectivity index is 1.08. The zero-order valence-corrected chi connectivity index (χ0v) is 36.0. The molecular weight excluding hydrogens is 799 g/mol. The van der Waals surface area contributed by atoms with Gasteiger partial charge < -0.3 is 9.32 Å². The second kappa shape index (κ2) is 15.5. The molecule has 0 saturated heterocycles. The van der Waals surface area contributed by atoms with E-state index in [0.29, 0.717) is 0 Å². The van der Waals surface area contributed by atoms with Gasteiger partial charge >= 0.3 is 0 Å². The number of hydrogen-bond donors (Lipinski definition) is 0. The van der Waals surface area contributed by atoms with E-state index in [1.54, 1.807) is 0 Å². The molecule has 0 amide bonds. The van der Waals surface area contributed by atoms with Gasteiger partial charge in [0, 0.05) is 22.2 Å². The lowest BCUT2D eigenvalue weighted by atomic mass is 9.91. The summed E-state index contributed by atoms with van der Waals surface area (Å²) in [5.74, 6) is 0. The summed E-state index contributed by atoms with van der Waals surface area (Å²) in [7, 11) is 0. The standard InChI is InChI=1S/C64H41NO/c1-2-17-42(18-3-1)44-21-14-22-45(39-44)46-23-15-24-48(40-46)65(61-38-37-57(51-32-16-20-43-19-4-5-25-49(43)51)64-63(61)58-31-11-13-34-62(58)66-64)60-33-12-10-26-50(60)47-35-36-56-54-29-7-6-27-52(54)53-28-8-9-30-55(53)59(56)41-47/h1-41H. The number of para-hydroxylation sites is 2. The van der Waals surface area contributed by atoms with Crippen molar-refractivity contribution in [3.8, 4) is 44.5 Å². The third-order valence-electron chi connectivity index (χ3n) is 13.4. The number of rotatable bonds is 7. The van der Waals surface area contributed by atoms with E-state index in [1.165, 1.54) is 54.2 Å². The number of hydrogen-bond acceptors (Lipinski definition) is 2. The number of furan rings is 1. The summed E-state index contributed by atoms with van der Waals surface area (Å²) in [4.78, 5) is 2.46. The molecule has 0 N–H and O–H groups in total. The smallest absolute Gasteiger partial charge is 0.145 e. The van der Waals surface area contributed by atoms with Gasteiger partial charge in [0.05, 0.1) is 16.8 Å². The molecule has 2 heteroatoms. The van der Waals surface area contributed by atoms with Crippen LogP contribution in [0.5, 0.6) is 0 Å². The Labute approximate surface area is 382 Å². The van der Waals surface area contributed by atoms with E-state index < -0.39 is 0 Å². The van der Waals surface area contributed by atoms with E-state index in [1.807, 2.05) is 0 Å². The van der Waals surface area contributed by atoms with Crippen LogP contribution in [-0.4, -0.2) is 0 Å². The van der Waals surface area contributed by atoms with Crippen LogP contribution in [0.25, 0.3) is 110 Å². The van der Waals surface area contributed by atoms with Gasteiger partial charge in [0.2, 0.25) is 0 Å². The van der Waals surface area contributed by atoms with Crippen LogP contribution < -0.4 is 4.90 Å². The Kier molecular flexibility index (Phi) is 8.89. The normalized spacial score (nSPS) is 11.6. The quantitative estimate of drug-likeness (QED) is 0.149. The van der Waals surface area contributed by atoms with E-state index in [2.05, 4.69) is 254 Å². The van der Waals surface area contributed by atoms with Gasteiger partial charge in [-0.05, 0) is 125 Å². The summed E-state index contributed by atoms with van der Waals surface area (Å²) in [6, 6.07) is 90.2. The molecule has 0 bridgehead atoms. The van der Waals surface area contributed by atoms with Crippen molar-refractivity contribution in [3.63, 3.8) is 0 Å². The molecular formula is C64H41NO. The molecule has 0 radical (unpaired) electrons. The molecule has 1 heterocycles. The molecule has 0 aliphatic heterocycles. The first kappa shape index (κ1) is 37.8.